The molecule has 0 saturated carbocycles. The van der Waals surface area contributed by atoms with Crippen molar-refractivity contribution in [2.75, 3.05) is 0 Å². The highest BCUT2D eigenvalue weighted by atomic mass is 14.0. The fourth-order valence-corrected chi connectivity index (χ4v) is 1.71. The molecule has 0 nitrogen and oxygen atoms in total. The van der Waals surface area contributed by atoms with Gasteiger partial charge in [0.2, 0.25) is 0 Å². The third-order valence-corrected chi connectivity index (χ3v) is 2.73. The minimum absolute atomic E-state index is 1.04. The van der Waals surface area contributed by atoms with Crippen LogP contribution in [0.3, 0.4) is 0 Å². The molecule has 0 aromatic heterocycles. The Bertz CT molecular complexity index is 165. The molecule has 0 spiro atoms. The average Bonchev–Trinajstić information content (AvgIpc) is 2.31. The van der Waals surface area contributed by atoms with Crippen LogP contribution in [0.25, 0.3) is 0 Å². The maximum atomic E-state index is 3.86. The van der Waals surface area contributed by atoms with E-state index in [-0.39, 0.29) is 0 Å². The molecule has 0 aliphatic carbocycles. The maximum absolute atomic E-state index is 3.86. The third kappa shape index (κ3) is 13.5. The van der Waals surface area contributed by atoms with Crippen molar-refractivity contribution < 1.29 is 0 Å². The molecule has 0 saturated heterocycles. The summed E-state index contributed by atoms with van der Waals surface area (Å²) in [6.45, 7) is 7.51. The molecule has 0 N–H and O–H groups in total. The normalized spacial score (nSPS) is 11.9. The first-order valence-electron chi connectivity index (χ1n) is 6.80. The highest BCUT2D eigenvalue weighted by Crippen LogP contribution is 2.09. The maximum Gasteiger partial charge on any atom is -0.0169 e. The lowest BCUT2D eigenvalue weighted by atomic mass is 10.1. The van der Waals surface area contributed by atoms with Crippen LogP contribution >= 0.6 is 0 Å². The summed E-state index contributed by atoms with van der Waals surface area (Å²) in [7, 11) is 0. The Labute approximate surface area is 103 Å². The van der Waals surface area contributed by atoms with E-state index in [0.717, 1.165) is 12.8 Å². The third-order valence-electron chi connectivity index (χ3n) is 2.73. The zero-order valence-electron chi connectivity index (χ0n) is 10.8. The summed E-state index contributed by atoms with van der Waals surface area (Å²) in [4.78, 5) is 0. The molecule has 16 heavy (non-hydrogen) atoms. The molecule has 0 unspecified atom stereocenters. The van der Waals surface area contributed by atoms with Crippen LogP contribution in [0, 0.1) is 13.8 Å². The van der Waals surface area contributed by atoms with Crippen molar-refractivity contribution in [2.45, 2.75) is 64.2 Å². The van der Waals surface area contributed by atoms with Gasteiger partial charge >= 0.3 is 0 Å². The molecule has 0 bridgehead atoms. The van der Waals surface area contributed by atoms with E-state index in [0.29, 0.717) is 0 Å². The van der Waals surface area contributed by atoms with Gasteiger partial charge in [0, 0.05) is 0 Å². The largest absolute Gasteiger partial charge is 0.0882 e. The van der Waals surface area contributed by atoms with Crippen LogP contribution in [0.4, 0.5) is 0 Å². The van der Waals surface area contributed by atoms with Gasteiger partial charge < -0.3 is 0 Å². The van der Waals surface area contributed by atoms with E-state index in [4.69, 9.17) is 0 Å². The van der Waals surface area contributed by atoms with Crippen molar-refractivity contribution in [3.8, 4) is 0 Å². The molecule has 0 aromatic carbocycles. The Balaban J connectivity index is 3.00. The molecular weight excluding hydrogens is 192 g/mol. The SMILES string of the molecule is [CH2]C=CCC=CCCCCCCCCC[CH2]. The van der Waals surface area contributed by atoms with Crippen molar-refractivity contribution in [2.24, 2.45) is 0 Å². The van der Waals surface area contributed by atoms with Crippen LogP contribution in [0.15, 0.2) is 24.3 Å². The second kappa shape index (κ2) is 14.5. The minimum atomic E-state index is 1.04. The van der Waals surface area contributed by atoms with Crippen molar-refractivity contribution in [3.05, 3.63) is 38.2 Å². The van der Waals surface area contributed by atoms with E-state index < -0.39 is 0 Å². The Kier molecular flexibility index (Phi) is 14.0. The van der Waals surface area contributed by atoms with Crippen molar-refractivity contribution >= 4 is 0 Å². The molecule has 0 atom stereocenters. The van der Waals surface area contributed by atoms with Gasteiger partial charge in [-0.2, -0.15) is 0 Å². The van der Waals surface area contributed by atoms with Gasteiger partial charge in [-0.25, -0.2) is 0 Å². The summed E-state index contributed by atoms with van der Waals surface area (Å²) >= 11 is 0. The van der Waals surface area contributed by atoms with E-state index in [2.05, 4.69) is 32.1 Å². The number of allylic oxidation sites excluding steroid dienone is 4. The van der Waals surface area contributed by atoms with Crippen LogP contribution in [0.2, 0.25) is 0 Å². The first-order valence-corrected chi connectivity index (χ1v) is 6.80. The smallest absolute Gasteiger partial charge is 0.0169 e. The highest BCUT2D eigenvalue weighted by molar-refractivity contribution is 4.93. The zero-order valence-corrected chi connectivity index (χ0v) is 10.8. The first kappa shape index (κ1) is 15.5. The lowest BCUT2D eigenvalue weighted by Gasteiger charge is -1.99. The van der Waals surface area contributed by atoms with Gasteiger partial charge in [-0.3, -0.25) is 0 Å². The Morgan fingerprint density at radius 1 is 0.688 bits per heavy atom. The van der Waals surface area contributed by atoms with Crippen molar-refractivity contribution in [1.82, 2.24) is 0 Å². The molecule has 0 aromatic rings. The number of unbranched alkanes of at least 4 members (excludes halogenated alkanes) is 8. The van der Waals surface area contributed by atoms with E-state index in [1.54, 1.807) is 0 Å². The zero-order chi connectivity index (χ0) is 11.9. The topological polar surface area (TPSA) is 0 Å². The van der Waals surface area contributed by atoms with Gasteiger partial charge in [-0.15, -0.1) is 0 Å². The van der Waals surface area contributed by atoms with Crippen molar-refractivity contribution in [3.63, 3.8) is 0 Å². The van der Waals surface area contributed by atoms with Gasteiger partial charge in [0.15, 0.2) is 0 Å². The van der Waals surface area contributed by atoms with E-state index in [9.17, 15) is 0 Å². The molecule has 0 amide bonds. The van der Waals surface area contributed by atoms with Gasteiger partial charge in [0.1, 0.15) is 0 Å². The second-order valence-electron chi connectivity index (χ2n) is 4.30. The molecule has 0 rings (SSSR count). The lowest BCUT2D eigenvalue weighted by Crippen LogP contribution is -1.79. The Hall–Kier alpha value is -0.520. The molecule has 2 radical (unpaired) electrons. The number of rotatable bonds is 11. The molecular formula is C16H28. The van der Waals surface area contributed by atoms with E-state index in [1.165, 1.54) is 51.4 Å². The van der Waals surface area contributed by atoms with Gasteiger partial charge in [-0.05, 0) is 26.2 Å². The Morgan fingerprint density at radius 2 is 1.31 bits per heavy atom. The molecule has 0 heteroatoms. The van der Waals surface area contributed by atoms with Crippen LogP contribution < -0.4 is 0 Å². The summed E-state index contributed by atoms with van der Waals surface area (Å²) < 4.78 is 0. The second-order valence-corrected chi connectivity index (χ2v) is 4.30. The highest BCUT2D eigenvalue weighted by Gasteiger charge is 1.89. The predicted molar refractivity (Wildman–Crippen MR) is 75.2 cm³/mol. The minimum Gasteiger partial charge on any atom is -0.0882 e. The Morgan fingerprint density at radius 3 is 1.94 bits per heavy atom. The van der Waals surface area contributed by atoms with Crippen LogP contribution in [-0.2, 0) is 0 Å². The molecule has 92 valence electrons. The molecule has 0 heterocycles. The van der Waals surface area contributed by atoms with Gasteiger partial charge in [0.25, 0.3) is 0 Å². The van der Waals surface area contributed by atoms with Crippen LogP contribution in [-0.4, -0.2) is 0 Å². The molecule has 0 aliphatic rings. The fraction of sp³-hybridized carbons (Fsp3) is 0.625. The summed E-state index contributed by atoms with van der Waals surface area (Å²) in [5.74, 6) is 0. The van der Waals surface area contributed by atoms with E-state index in [1.807, 2.05) is 6.08 Å². The number of hydrogen-bond acceptors (Lipinski definition) is 0. The lowest BCUT2D eigenvalue weighted by molar-refractivity contribution is 0.583. The molecule has 0 fully saturated rings. The van der Waals surface area contributed by atoms with Crippen molar-refractivity contribution in [1.29, 1.82) is 0 Å². The van der Waals surface area contributed by atoms with E-state index >= 15 is 0 Å². The first-order chi connectivity index (χ1) is 7.91. The molecule has 0 aliphatic heterocycles. The number of hydrogen-bond donors (Lipinski definition) is 0. The summed E-state index contributed by atoms with van der Waals surface area (Å²) in [5.41, 5.74) is 0. The van der Waals surface area contributed by atoms with Crippen LogP contribution in [0.1, 0.15) is 64.2 Å². The van der Waals surface area contributed by atoms with Crippen LogP contribution in [0.5, 0.6) is 0 Å². The van der Waals surface area contributed by atoms with Gasteiger partial charge in [0.05, 0.1) is 0 Å². The standard InChI is InChI=1S/C16H28/c1-3-5-7-9-11-13-15-16-14-12-10-8-6-4-2/h3,5,9,11H,1-2,4,6-8,10,12-16H2. The fourth-order valence-electron chi connectivity index (χ4n) is 1.71. The average molecular weight is 220 g/mol. The predicted octanol–water partition coefficient (Wildman–Crippen LogP) is 5.67. The summed E-state index contributed by atoms with van der Waals surface area (Å²) in [6, 6.07) is 0. The van der Waals surface area contributed by atoms with Gasteiger partial charge in [-0.1, -0.05) is 76.2 Å². The summed E-state index contributed by atoms with van der Waals surface area (Å²) in [6.07, 6.45) is 21.5. The monoisotopic (exact) mass is 220 g/mol. The quantitative estimate of drug-likeness (QED) is 0.311. The summed E-state index contributed by atoms with van der Waals surface area (Å²) in [5, 5.41) is 0.